The molecule has 0 unspecified atom stereocenters. The Labute approximate surface area is 383 Å². The fourth-order valence-electron chi connectivity index (χ4n) is 9.56. The van der Waals surface area contributed by atoms with Gasteiger partial charge in [-0.3, -0.25) is 0 Å². The van der Waals surface area contributed by atoms with Crippen molar-refractivity contribution in [3.05, 3.63) is 0 Å². The summed E-state index contributed by atoms with van der Waals surface area (Å²) in [5, 5.41) is 7.32. The molecule has 0 aromatic rings. The maximum Gasteiger partial charge on any atom is 0.00767 e. The third-order valence-corrected chi connectivity index (χ3v) is 13.9. The Hall–Kier alpha value is -0.0800. The lowest BCUT2D eigenvalue weighted by molar-refractivity contribution is 0.511. The molecule has 0 rings (SSSR count). The van der Waals surface area contributed by atoms with Crippen LogP contribution < -0.4 is 10.6 Å². The molecule has 0 aliphatic heterocycles. The zero-order chi connectivity index (χ0) is 43.0. The molecule has 2 N–H and O–H groups in total. The number of unbranched alkanes of at least 4 members (excludes halogenated alkanes) is 50. The fourth-order valence-corrected chi connectivity index (χ4v) is 9.56. The summed E-state index contributed by atoms with van der Waals surface area (Å²) in [6.45, 7) is 9.32. The van der Waals surface area contributed by atoms with Gasteiger partial charge in [-0.1, -0.05) is 335 Å². The maximum atomic E-state index is 3.66. The largest absolute Gasteiger partial charge is 0.315 e. The molecule has 2 nitrogen and oxygen atoms in total. The summed E-state index contributed by atoms with van der Waals surface area (Å²) in [7, 11) is 0. The average molecular weight is 846 g/mol. The zero-order valence-electron chi connectivity index (χ0n) is 42.6. The lowest BCUT2D eigenvalue weighted by Gasteiger charge is -2.07. The predicted octanol–water partition coefficient (Wildman–Crippen LogP) is 20.5. The van der Waals surface area contributed by atoms with E-state index in [1.165, 1.54) is 347 Å². The van der Waals surface area contributed by atoms with Crippen LogP contribution in [0.3, 0.4) is 0 Å². The number of hydrogen-bond acceptors (Lipinski definition) is 2. The molecule has 60 heavy (non-hydrogen) atoms. The Morgan fingerprint density at radius 3 is 0.383 bits per heavy atom. The van der Waals surface area contributed by atoms with E-state index in [-0.39, 0.29) is 0 Å². The number of hydrogen-bond donors (Lipinski definition) is 2. The van der Waals surface area contributed by atoms with Crippen molar-refractivity contribution in [3.8, 4) is 0 Å². The third-order valence-electron chi connectivity index (χ3n) is 13.9. The van der Waals surface area contributed by atoms with E-state index in [2.05, 4.69) is 24.5 Å². The fraction of sp³-hybridized carbons (Fsp3) is 1.00. The first-order valence-corrected chi connectivity index (χ1v) is 29.3. The van der Waals surface area contributed by atoms with Gasteiger partial charge in [0.15, 0.2) is 0 Å². The Kier molecular flexibility index (Phi) is 58.8. The lowest BCUT2D eigenvalue weighted by Crippen LogP contribution is -2.28. The molecular formula is C58H120N2. The highest BCUT2D eigenvalue weighted by Crippen LogP contribution is 2.18. The zero-order valence-corrected chi connectivity index (χ0v) is 42.6. The van der Waals surface area contributed by atoms with E-state index in [9.17, 15) is 0 Å². The Morgan fingerprint density at radius 2 is 0.250 bits per heavy atom. The van der Waals surface area contributed by atoms with Crippen LogP contribution in [-0.2, 0) is 0 Å². The summed E-state index contributed by atoms with van der Waals surface area (Å²) >= 11 is 0. The molecule has 0 saturated carbocycles. The minimum absolute atomic E-state index is 1.14. The van der Waals surface area contributed by atoms with Gasteiger partial charge in [0, 0.05) is 13.1 Å². The maximum absolute atomic E-state index is 3.66. The normalized spacial score (nSPS) is 11.7. The molecule has 0 bridgehead atoms. The standard InChI is InChI=1S/C58H120N2/c1-3-5-7-9-11-13-15-17-19-21-23-25-27-29-31-33-35-37-39-41-43-45-47-49-51-53-55-59-57-58-60-56-54-52-50-48-46-44-42-40-38-36-34-32-30-28-26-24-22-20-18-16-14-12-10-8-6-4-2/h59-60H,3-58H2,1-2H3. The second-order valence-electron chi connectivity index (χ2n) is 20.2. The van der Waals surface area contributed by atoms with Gasteiger partial charge in [0.05, 0.1) is 0 Å². The van der Waals surface area contributed by atoms with Crippen LogP contribution in [-0.4, -0.2) is 26.2 Å². The number of rotatable bonds is 57. The van der Waals surface area contributed by atoms with Crippen LogP contribution >= 0.6 is 0 Å². The summed E-state index contributed by atoms with van der Waals surface area (Å²) in [4.78, 5) is 0. The minimum Gasteiger partial charge on any atom is -0.315 e. The Balaban J connectivity index is 3.06. The van der Waals surface area contributed by atoms with Crippen molar-refractivity contribution in [1.29, 1.82) is 0 Å². The molecule has 0 radical (unpaired) electrons. The van der Waals surface area contributed by atoms with Gasteiger partial charge in [-0.15, -0.1) is 0 Å². The van der Waals surface area contributed by atoms with E-state index < -0.39 is 0 Å². The molecule has 2 heteroatoms. The molecule has 0 fully saturated rings. The van der Waals surface area contributed by atoms with Gasteiger partial charge in [0.25, 0.3) is 0 Å². The summed E-state index contributed by atoms with van der Waals surface area (Å²) < 4.78 is 0. The van der Waals surface area contributed by atoms with Gasteiger partial charge in [-0.2, -0.15) is 0 Å². The van der Waals surface area contributed by atoms with E-state index in [1.807, 2.05) is 0 Å². The van der Waals surface area contributed by atoms with Gasteiger partial charge in [-0.25, -0.2) is 0 Å². The van der Waals surface area contributed by atoms with E-state index in [0.717, 1.165) is 13.1 Å². The highest BCUT2D eigenvalue weighted by atomic mass is 14.9. The van der Waals surface area contributed by atoms with Crippen molar-refractivity contribution >= 4 is 0 Å². The summed E-state index contributed by atoms with van der Waals surface area (Å²) in [5.74, 6) is 0. The van der Waals surface area contributed by atoms with Crippen LogP contribution in [0.4, 0.5) is 0 Å². The smallest absolute Gasteiger partial charge is 0.00767 e. The summed E-state index contributed by atoms with van der Waals surface area (Å²) in [6.07, 6.45) is 76.4. The third kappa shape index (κ3) is 57.9. The molecule has 0 aromatic heterocycles. The molecular weight excluding hydrogens is 725 g/mol. The molecule has 0 spiro atoms. The average Bonchev–Trinajstić information content (AvgIpc) is 3.26. The van der Waals surface area contributed by atoms with E-state index in [0.29, 0.717) is 0 Å². The van der Waals surface area contributed by atoms with Crippen molar-refractivity contribution in [2.24, 2.45) is 0 Å². The van der Waals surface area contributed by atoms with Crippen molar-refractivity contribution in [2.75, 3.05) is 26.2 Å². The van der Waals surface area contributed by atoms with Crippen molar-refractivity contribution in [1.82, 2.24) is 10.6 Å². The summed E-state index contributed by atoms with van der Waals surface area (Å²) in [5.41, 5.74) is 0. The Bertz CT molecular complexity index is 634. The minimum atomic E-state index is 1.14. The first kappa shape index (κ1) is 59.9. The second kappa shape index (κ2) is 58.9. The van der Waals surface area contributed by atoms with Gasteiger partial charge in [-0.05, 0) is 25.9 Å². The van der Waals surface area contributed by atoms with Crippen LogP contribution in [0.1, 0.15) is 348 Å². The van der Waals surface area contributed by atoms with Crippen LogP contribution in [0.2, 0.25) is 0 Å². The Morgan fingerprint density at radius 1 is 0.133 bits per heavy atom. The quantitative estimate of drug-likeness (QED) is 0.0596. The molecule has 0 atom stereocenters. The molecule has 0 aliphatic carbocycles. The second-order valence-corrected chi connectivity index (χ2v) is 20.2. The van der Waals surface area contributed by atoms with Gasteiger partial charge >= 0.3 is 0 Å². The van der Waals surface area contributed by atoms with E-state index >= 15 is 0 Å². The van der Waals surface area contributed by atoms with E-state index in [4.69, 9.17) is 0 Å². The molecule has 0 aliphatic rings. The molecule has 0 heterocycles. The predicted molar refractivity (Wildman–Crippen MR) is 277 cm³/mol. The van der Waals surface area contributed by atoms with Crippen LogP contribution in [0.15, 0.2) is 0 Å². The highest BCUT2D eigenvalue weighted by Gasteiger charge is 1.99. The van der Waals surface area contributed by atoms with Gasteiger partial charge < -0.3 is 10.6 Å². The summed E-state index contributed by atoms with van der Waals surface area (Å²) in [6, 6.07) is 0. The first-order chi connectivity index (χ1) is 29.9. The number of nitrogens with one attached hydrogen (secondary N) is 2. The van der Waals surface area contributed by atoms with Crippen molar-refractivity contribution in [3.63, 3.8) is 0 Å². The van der Waals surface area contributed by atoms with Crippen LogP contribution in [0.25, 0.3) is 0 Å². The van der Waals surface area contributed by atoms with Gasteiger partial charge in [0.2, 0.25) is 0 Å². The van der Waals surface area contributed by atoms with Gasteiger partial charge in [0.1, 0.15) is 0 Å². The van der Waals surface area contributed by atoms with Crippen LogP contribution in [0, 0.1) is 0 Å². The molecule has 362 valence electrons. The first-order valence-electron chi connectivity index (χ1n) is 29.3. The molecule has 0 amide bonds. The SMILES string of the molecule is CCCCCCCCCCCCCCCCCCCCCCCCCCCCNCCNCCCCCCCCCCCCCCCCCCCCCCCCCCCC. The van der Waals surface area contributed by atoms with Crippen molar-refractivity contribution < 1.29 is 0 Å². The van der Waals surface area contributed by atoms with E-state index in [1.54, 1.807) is 0 Å². The monoisotopic (exact) mass is 845 g/mol. The highest BCUT2D eigenvalue weighted by molar-refractivity contribution is 4.57. The van der Waals surface area contributed by atoms with Crippen LogP contribution in [0.5, 0.6) is 0 Å². The molecule has 0 saturated heterocycles. The lowest BCUT2D eigenvalue weighted by atomic mass is 10.0. The van der Waals surface area contributed by atoms with Crippen molar-refractivity contribution in [2.45, 2.75) is 348 Å². The molecule has 0 aromatic carbocycles. The topological polar surface area (TPSA) is 24.1 Å².